The Morgan fingerprint density at radius 2 is 1.52 bits per heavy atom. The van der Waals surface area contributed by atoms with Gasteiger partial charge in [0.1, 0.15) is 5.75 Å². The second kappa shape index (κ2) is 5.01. The molecule has 0 bridgehead atoms. The number of fused-ring (bicyclic) bond motifs is 1. The minimum Gasteiger partial charge on any atom is -0.496 e. The van der Waals surface area contributed by atoms with Crippen molar-refractivity contribution >= 4 is 23.5 Å². The first-order valence-electron chi connectivity index (χ1n) is 5.90. The van der Waals surface area contributed by atoms with Crippen LogP contribution in [0.5, 0.6) is 5.75 Å². The lowest BCUT2D eigenvalue weighted by atomic mass is 9.82. The van der Waals surface area contributed by atoms with E-state index in [0.717, 1.165) is 14.2 Å². The number of carbonyl (C=O) groups is 4. The number of ketones is 2. The lowest BCUT2D eigenvalue weighted by molar-refractivity contribution is -0.160. The van der Waals surface area contributed by atoms with Crippen LogP contribution in [-0.4, -0.2) is 44.8 Å². The molecule has 0 amide bonds. The minimum atomic E-state index is -2.65. The number of hydrogen-bond donors (Lipinski definition) is 0. The third kappa shape index (κ3) is 1.67. The Balaban J connectivity index is 2.78. The molecular weight excluding hydrogens is 280 g/mol. The highest BCUT2D eigenvalue weighted by Crippen LogP contribution is 2.42. The van der Waals surface area contributed by atoms with E-state index in [1.165, 1.54) is 25.3 Å². The number of methoxy groups -OCH3 is 3. The number of rotatable bonds is 3. The van der Waals surface area contributed by atoms with Crippen molar-refractivity contribution in [2.45, 2.75) is 0 Å². The highest BCUT2D eigenvalue weighted by molar-refractivity contribution is 6.48. The lowest BCUT2D eigenvalue weighted by Gasteiger charge is -2.19. The highest BCUT2D eigenvalue weighted by Gasteiger charge is 2.67. The third-order valence-corrected chi connectivity index (χ3v) is 3.38. The molecule has 0 heterocycles. The summed E-state index contributed by atoms with van der Waals surface area (Å²) < 4.78 is 14.0. The van der Waals surface area contributed by atoms with Crippen molar-refractivity contribution in [3.05, 3.63) is 29.3 Å². The Bertz CT molecular complexity index is 643. The summed E-state index contributed by atoms with van der Waals surface area (Å²) in [6.45, 7) is 0. The maximum Gasteiger partial charge on any atom is 0.339 e. The van der Waals surface area contributed by atoms with E-state index in [4.69, 9.17) is 4.74 Å². The molecule has 7 heteroatoms. The second-order valence-corrected chi connectivity index (χ2v) is 4.27. The molecule has 110 valence electrons. The number of esters is 2. The number of hydrogen-bond acceptors (Lipinski definition) is 7. The van der Waals surface area contributed by atoms with E-state index >= 15 is 0 Å². The molecule has 0 saturated heterocycles. The van der Waals surface area contributed by atoms with Crippen molar-refractivity contribution in [3.8, 4) is 5.75 Å². The summed E-state index contributed by atoms with van der Waals surface area (Å²) in [6.07, 6.45) is 0. The average Bonchev–Trinajstić information content (AvgIpc) is 2.75. The molecule has 0 fully saturated rings. The maximum atomic E-state index is 12.6. The van der Waals surface area contributed by atoms with Crippen LogP contribution in [0.25, 0.3) is 0 Å². The van der Waals surface area contributed by atoms with Gasteiger partial charge in [0.2, 0.25) is 11.6 Å². The van der Waals surface area contributed by atoms with Gasteiger partial charge in [-0.25, -0.2) is 9.59 Å². The van der Waals surface area contributed by atoms with Crippen molar-refractivity contribution < 1.29 is 33.4 Å². The van der Waals surface area contributed by atoms with E-state index in [1.54, 1.807) is 0 Å². The van der Waals surface area contributed by atoms with Gasteiger partial charge in [0, 0.05) is 5.56 Å². The first-order valence-corrected chi connectivity index (χ1v) is 5.90. The summed E-state index contributed by atoms with van der Waals surface area (Å²) in [5.41, 5.74) is -2.85. The fourth-order valence-electron chi connectivity index (χ4n) is 2.38. The van der Waals surface area contributed by atoms with Crippen molar-refractivity contribution in [2.75, 3.05) is 21.3 Å². The van der Waals surface area contributed by atoms with Gasteiger partial charge in [0.25, 0.3) is 5.41 Å². The van der Waals surface area contributed by atoms with Crippen molar-refractivity contribution in [2.24, 2.45) is 5.41 Å². The summed E-state index contributed by atoms with van der Waals surface area (Å²) >= 11 is 0. The normalized spacial score (nSPS) is 15.4. The van der Waals surface area contributed by atoms with Crippen LogP contribution in [0.4, 0.5) is 0 Å². The molecule has 1 aliphatic carbocycles. The molecule has 0 saturated carbocycles. The van der Waals surface area contributed by atoms with Gasteiger partial charge in [-0.3, -0.25) is 9.59 Å². The largest absolute Gasteiger partial charge is 0.496 e. The molecule has 1 aromatic rings. The smallest absolute Gasteiger partial charge is 0.339 e. The van der Waals surface area contributed by atoms with Crippen LogP contribution in [0.2, 0.25) is 0 Å². The summed E-state index contributed by atoms with van der Waals surface area (Å²) in [4.78, 5) is 49.2. The SMILES string of the molecule is COC(=O)C1(C(=O)OC)C(=O)c2cccc(OC)c2C1=O. The first kappa shape index (κ1) is 14.7. The van der Waals surface area contributed by atoms with E-state index < -0.39 is 28.9 Å². The molecule has 21 heavy (non-hydrogen) atoms. The van der Waals surface area contributed by atoms with Gasteiger partial charge in [0.15, 0.2) is 0 Å². The van der Waals surface area contributed by atoms with Gasteiger partial charge < -0.3 is 14.2 Å². The summed E-state index contributed by atoms with van der Waals surface area (Å²) in [5, 5.41) is 0. The van der Waals surface area contributed by atoms with Gasteiger partial charge in [-0.05, 0) is 6.07 Å². The Labute approximate surface area is 119 Å². The van der Waals surface area contributed by atoms with Crippen LogP contribution in [0.1, 0.15) is 20.7 Å². The number of carbonyl (C=O) groups excluding carboxylic acids is 4. The van der Waals surface area contributed by atoms with Gasteiger partial charge in [-0.15, -0.1) is 0 Å². The van der Waals surface area contributed by atoms with E-state index in [9.17, 15) is 19.2 Å². The van der Waals surface area contributed by atoms with E-state index in [2.05, 4.69) is 9.47 Å². The summed E-state index contributed by atoms with van der Waals surface area (Å²) in [7, 11) is 3.27. The first-order chi connectivity index (χ1) is 9.96. The molecule has 0 aliphatic heterocycles. The zero-order valence-corrected chi connectivity index (χ0v) is 11.6. The minimum absolute atomic E-state index is 0.0739. The van der Waals surface area contributed by atoms with Crippen LogP contribution in [0.15, 0.2) is 18.2 Å². The van der Waals surface area contributed by atoms with Gasteiger partial charge in [0.05, 0.1) is 26.9 Å². The second-order valence-electron chi connectivity index (χ2n) is 4.27. The molecular formula is C14H12O7. The Hall–Kier alpha value is -2.70. The maximum absolute atomic E-state index is 12.6. The Morgan fingerprint density at radius 1 is 0.952 bits per heavy atom. The molecule has 7 nitrogen and oxygen atoms in total. The van der Waals surface area contributed by atoms with Crippen LogP contribution in [-0.2, 0) is 19.1 Å². The molecule has 2 rings (SSSR count). The van der Waals surface area contributed by atoms with Crippen LogP contribution >= 0.6 is 0 Å². The molecule has 0 radical (unpaired) electrons. The van der Waals surface area contributed by atoms with Crippen LogP contribution in [0.3, 0.4) is 0 Å². The van der Waals surface area contributed by atoms with Crippen LogP contribution in [0, 0.1) is 5.41 Å². The highest BCUT2D eigenvalue weighted by atomic mass is 16.5. The van der Waals surface area contributed by atoms with Crippen LogP contribution < -0.4 is 4.74 Å². The van der Waals surface area contributed by atoms with Gasteiger partial charge in [-0.1, -0.05) is 12.1 Å². The molecule has 0 unspecified atom stereocenters. The predicted octanol–water partition coefficient (Wildman–Crippen LogP) is 0.407. The van der Waals surface area contributed by atoms with Crippen molar-refractivity contribution in [1.29, 1.82) is 0 Å². The van der Waals surface area contributed by atoms with Gasteiger partial charge in [-0.2, -0.15) is 0 Å². The lowest BCUT2D eigenvalue weighted by Crippen LogP contribution is -2.50. The number of benzene rings is 1. The van der Waals surface area contributed by atoms with E-state index in [1.807, 2.05) is 0 Å². The zero-order chi connectivity index (χ0) is 15.8. The van der Waals surface area contributed by atoms with Gasteiger partial charge >= 0.3 is 11.9 Å². The van der Waals surface area contributed by atoms with E-state index in [0.29, 0.717) is 0 Å². The van der Waals surface area contributed by atoms with Crippen molar-refractivity contribution in [3.63, 3.8) is 0 Å². The van der Waals surface area contributed by atoms with E-state index in [-0.39, 0.29) is 16.9 Å². The fourth-order valence-corrected chi connectivity index (χ4v) is 2.38. The molecule has 0 N–H and O–H groups in total. The molecule has 1 aromatic carbocycles. The molecule has 0 atom stereocenters. The quantitative estimate of drug-likeness (QED) is 0.588. The predicted molar refractivity (Wildman–Crippen MR) is 68.1 cm³/mol. The topological polar surface area (TPSA) is 96.0 Å². The number of Topliss-reactive ketones (excluding diaryl/α,β-unsaturated/α-hetero) is 2. The fraction of sp³-hybridized carbons (Fsp3) is 0.286. The van der Waals surface area contributed by atoms with Crippen molar-refractivity contribution in [1.82, 2.24) is 0 Å². The third-order valence-electron chi connectivity index (χ3n) is 3.38. The molecule has 0 aromatic heterocycles. The standard InChI is InChI=1S/C14H12O7/c1-19-8-6-4-5-7-9(8)11(16)14(10(7)15,12(17)20-2)13(18)21-3/h4-6H,1-3H3. The summed E-state index contributed by atoms with van der Waals surface area (Å²) in [5.74, 6) is -4.43. The summed E-state index contributed by atoms with van der Waals surface area (Å²) in [6, 6.07) is 4.27. The Kier molecular flexibility index (Phi) is 3.51. The number of ether oxygens (including phenoxy) is 3. The zero-order valence-electron chi connectivity index (χ0n) is 11.6. The molecule has 0 spiro atoms. The Morgan fingerprint density at radius 3 is 2.00 bits per heavy atom. The molecule has 1 aliphatic rings. The average molecular weight is 292 g/mol. The monoisotopic (exact) mass is 292 g/mol.